The van der Waals surface area contributed by atoms with Gasteiger partial charge in [0.25, 0.3) is 0 Å². The summed E-state index contributed by atoms with van der Waals surface area (Å²) < 4.78 is 5.30. The van der Waals surface area contributed by atoms with E-state index in [0.717, 1.165) is 11.5 Å². The molecule has 232 valence electrons. The molecule has 0 aliphatic carbocycles. The summed E-state index contributed by atoms with van der Waals surface area (Å²) in [7, 11) is 1.53. The Balaban J connectivity index is 0.000000423. The van der Waals surface area contributed by atoms with Crippen molar-refractivity contribution in [1.29, 1.82) is 0 Å². The zero-order valence-corrected chi connectivity index (χ0v) is 28.7. The molecule has 7 heteroatoms. The van der Waals surface area contributed by atoms with Crippen LogP contribution in [0.15, 0.2) is 47.7 Å². The van der Waals surface area contributed by atoms with Gasteiger partial charge in [0.1, 0.15) is 11.6 Å². The minimum absolute atomic E-state index is 0. The molecule has 1 aromatic heterocycles. The molecule has 0 unspecified atom stereocenters. The number of hydrogen-bond acceptors (Lipinski definition) is 6. The first-order chi connectivity index (χ1) is 18.7. The largest absolute Gasteiger partial charge is 2.00 e. The Kier molecular flexibility index (Phi) is 12.4. The standard InChI is InChI=1S/C20H27N3.C15H24O3.Ni/c1-19(2,3)15-8-9-16(20(4,5)6)17(14-15)21-13-10-18-22-11-7-12-23-18;1-14(2,3)9-8-10(18-7)11(15(4,5)6)13(17)12(9)16;/h7-9,11-14H,10H2,1-6H3;8,16-17H,1-7H3;/q;;+2/p-2. The first-order valence-electron chi connectivity index (χ1n) is 14.2. The Morgan fingerprint density at radius 3 is 1.74 bits per heavy atom. The van der Waals surface area contributed by atoms with Crippen LogP contribution in [0.3, 0.4) is 0 Å². The molecular formula is C35H49N3NiO3. The van der Waals surface area contributed by atoms with Gasteiger partial charge in [-0.1, -0.05) is 95.2 Å². The third-order valence-corrected chi connectivity index (χ3v) is 6.77. The van der Waals surface area contributed by atoms with Gasteiger partial charge in [0, 0.05) is 25.0 Å². The third kappa shape index (κ3) is 9.83. The van der Waals surface area contributed by atoms with Crippen molar-refractivity contribution < 1.29 is 31.4 Å². The van der Waals surface area contributed by atoms with E-state index in [9.17, 15) is 10.2 Å². The van der Waals surface area contributed by atoms with E-state index in [1.54, 1.807) is 18.5 Å². The van der Waals surface area contributed by atoms with Crippen LogP contribution in [0.5, 0.6) is 17.2 Å². The van der Waals surface area contributed by atoms with Crippen molar-refractivity contribution in [1.82, 2.24) is 9.97 Å². The van der Waals surface area contributed by atoms with E-state index in [0.29, 0.717) is 23.3 Å². The average Bonchev–Trinajstić information content (AvgIpc) is 2.83. The number of aliphatic imine (C=N–C) groups is 1. The maximum absolute atomic E-state index is 12.3. The van der Waals surface area contributed by atoms with Crippen molar-refractivity contribution in [2.24, 2.45) is 4.99 Å². The molecule has 1 heterocycles. The number of benzene rings is 2. The summed E-state index contributed by atoms with van der Waals surface area (Å²) in [6.07, 6.45) is 6.07. The predicted molar refractivity (Wildman–Crippen MR) is 167 cm³/mol. The molecule has 2 aromatic carbocycles. The Bertz CT molecular complexity index is 1340. The molecule has 0 aliphatic rings. The molecule has 3 aromatic rings. The van der Waals surface area contributed by atoms with Gasteiger partial charge in [-0.15, -0.1) is 11.5 Å². The summed E-state index contributed by atoms with van der Waals surface area (Å²) >= 11 is 0. The van der Waals surface area contributed by atoms with E-state index in [-0.39, 0.29) is 32.7 Å². The smallest absolute Gasteiger partial charge is 0.873 e. The van der Waals surface area contributed by atoms with Crippen molar-refractivity contribution in [3.8, 4) is 17.2 Å². The average molecular weight is 618 g/mol. The van der Waals surface area contributed by atoms with Gasteiger partial charge in [-0.05, 0) is 62.1 Å². The second kappa shape index (κ2) is 14.0. The summed E-state index contributed by atoms with van der Waals surface area (Å²) in [5.41, 5.74) is 3.98. The molecule has 0 radical (unpaired) electrons. The van der Waals surface area contributed by atoms with E-state index in [2.05, 4.69) is 69.7 Å². The third-order valence-electron chi connectivity index (χ3n) is 6.77. The van der Waals surface area contributed by atoms with E-state index >= 15 is 0 Å². The van der Waals surface area contributed by atoms with Gasteiger partial charge in [0.15, 0.2) is 0 Å². The maximum Gasteiger partial charge on any atom is 2.00 e. The van der Waals surface area contributed by atoms with Gasteiger partial charge in [0.05, 0.1) is 12.8 Å². The monoisotopic (exact) mass is 617 g/mol. The molecule has 0 bridgehead atoms. The Labute approximate surface area is 264 Å². The molecule has 0 saturated carbocycles. The molecule has 6 nitrogen and oxygen atoms in total. The summed E-state index contributed by atoms with van der Waals surface area (Å²) in [6, 6.07) is 10.2. The van der Waals surface area contributed by atoms with Crippen LogP contribution in [-0.4, -0.2) is 23.3 Å². The van der Waals surface area contributed by atoms with Crippen molar-refractivity contribution in [2.45, 2.75) is 111 Å². The normalized spacial score (nSPS) is 12.4. The molecule has 0 amide bonds. The molecule has 0 atom stereocenters. The Morgan fingerprint density at radius 1 is 0.738 bits per heavy atom. The molecule has 3 rings (SSSR count). The van der Waals surface area contributed by atoms with Gasteiger partial charge >= 0.3 is 16.5 Å². The molecule has 0 fully saturated rings. The van der Waals surface area contributed by atoms with Crippen LogP contribution in [0.4, 0.5) is 5.69 Å². The summed E-state index contributed by atoms with van der Waals surface area (Å²) in [5, 5.41) is 24.5. The van der Waals surface area contributed by atoms with Crippen molar-refractivity contribution in [3.63, 3.8) is 0 Å². The van der Waals surface area contributed by atoms with E-state index in [1.807, 2.05) is 53.8 Å². The maximum atomic E-state index is 12.3. The fourth-order valence-corrected chi connectivity index (χ4v) is 4.45. The number of aromatic nitrogens is 2. The van der Waals surface area contributed by atoms with Crippen LogP contribution in [0.1, 0.15) is 111 Å². The van der Waals surface area contributed by atoms with Crippen LogP contribution in [0.25, 0.3) is 0 Å². The minimum Gasteiger partial charge on any atom is -0.873 e. The second-order valence-corrected chi connectivity index (χ2v) is 14.6. The first-order valence-corrected chi connectivity index (χ1v) is 14.2. The van der Waals surface area contributed by atoms with Crippen LogP contribution in [0.2, 0.25) is 0 Å². The van der Waals surface area contributed by atoms with Crippen molar-refractivity contribution in [2.75, 3.05) is 7.11 Å². The summed E-state index contributed by atoms with van der Waals surface area (Å²) in [5.74, 6) is 0.456. The molecular weight excluding hydrogens is 569 g/mol. The number of rotatable bonds is 4. The number of ether oxygens (including phenoxy) is 1. The molecule has 42 heavy (non-hydrogen) atoms. The Hall–Kier alpha value is -2.92. The fraction of sp³-hybridized carbons (Fsp3) is 0.514. The van der Waals surface area contributed by atoms with Crippen LogP contribution >= 0.6 is 0 Å². The predicted octanol–water partition coefficient (Wildman–Crippen LogP) is 7.45. The topological polar surface area (TPSA) is 93.5 Å². The molecule has 0 aliphatic heterocycles. The van der Waals surface area contributed by atoms with Gasteiger partial charge in [-0.25, -0.2) is 9.97 Å². The zero-order valence-electron chi connectivity index (χ0n) is 27.7. The van der Waals surface area contributed by atoms with Crippen LogP contribution < -0.4 is 14.9 Å². The summed E-state index contributed by atoms with van der Waals surface area (Å²) in [6.45, 7) is 24.8. The van der Waals surface area contributed by atoms with Crippen molar-refractivity contribution >= 4 is 11.9 Å². The molecule has 0 N–H and O–H groups in total. The first kappa shape index (κ1) is 37.1. The van der Waals surface area contributed by atoms with E-state index in [4.69, 9.17) is 9.73 Å². The zero-order chi connectivity index (χ0) is 31.4. The number of nitrogens with zero attached hydrogens (tertiary/aromatic N) is 3. The van der Waals surface area contributed by atoms with Gasteiger partial charge in [-0.2, -0.15) is 0 Å². The Morgan fingerprint density at radius 2 is 1.29 bits per heavy atom. The minimum atomic E-state index is -0.438. The van der Waals surface area contributed by atoms with Crippen molar-refractivity contribution in [3.05, 3.63) is 70.8 Å². The van der Waals surface area contributed by atoms with Gasteiger partial charge in [0.2, 0.25) is 0 Å². The van der Waals surface area contributed by atoms with Gasteiger partial charge < -0.3 is 14.9 Å². The number of methoxy groups -OCH3 is 1. The number of hydrogen-bond donors (Lipinski definition) is 0. The second-order valence-electron chi connectivity index (χ2n) is 14.6. The quantitative estimate of drug-likeness (QED) is 0.224. The van der Waals surface area contributed by atoms with E-state index < -0.39 is 16.9 Å². The fourth-order valence-electron chi connectivity index (χ4n) is 4.45. The molecule has 0 saturated heterocycles. The molecule has 0 spiro atoms. The van der Waals surface area contributed by atoms with Gasteiger partial charge in [-0.3, -0.25) is 4.99 Å². The van der Waals surface area contributed by atoms with E-state index in [1.165, 1.54) is 18.2 Å². The van der Waals surface area contributed by atoms with Crippen LogP contribution in [-0.2, 0) is 44.6 Å². The van der Waals surface area contributed by atoms with Crippen LogP contribution in [0, 0.1) is 0 Å². The SMILES string of the molecule is CC(C)(C)c1ccc(C(C)(C)C)c(N=CCc2ncccn2)c1.COc1cc(C(C)(C)C)c([O-])c([O-])c1C(C)(C)C.[Ni+2]. The summed E-state index contributed by atoms with van der Waals surface area (Å²) in [4.78, 5) is 13.2.